The van der Waals surface area contributed by atoms with Gasteiger partial charge in [0, 0.05) is 13.2 Å². The fourth-order valence-corrected chi connectivity index (χ4v) is 1.47. The molecule has 0 aromatic rings. The number of carbonyl (C=O) groups excluding carboxylic acids is 5. The first-order valence-electron chi connectivity index (χ1n) is 11.8. The van der Waals surface area contributed by atoms with E-state index in [9.17, 15) is 47.9 Å². The van der Waals surface area contributed by atoms with Crippen LogP contribution in [0.2, 0.25) is 0 Å². The molecule has 0 atom stereocenters. The minimum Gasteiger partial charge on any atom is -0.481 e. The topological polar surface area (TPSA) is 312 Å². The van der Waals surface area contributed by atoms with Crippen molar-refractivity contribution in [1.82, 2.24) is 0 Å². The molecule has 0 fully saturated rings. The summed E-state index contributed by atoms with van der Waals surface area (Å²) >= 11 is 0. The van der Waals surface area contributed by atoms with Crippen molar-refractivity contribution >= 4 is 58.8 Å². The minimum atomic E-state index is -1.06. The maximum atomic E-state index is 9.87. The molecule has 0 saturated carbocycles. The number of hydrogen-bond donors (Lipinski definition) is 7. The van der Waals surface area contributed by atoms with Crippen LogP contribution in [-0.2, 0) is 47.9 Å². The number of carboxylic acids is 5. The summed E-state index contributed by atoms with van der Waals surface area (Å²) in [5, 5.41) is 55.7. The van der Waals surface area contributed by atoms with Gasteiger partial charge in [-0.1, -0.05) is 0 Å². The smallest absolute Gasteiger partial charge is 0.310 e. The summed E-state index contributed by atoms with van der Waals surface area (Å²) in [6, 6.07) is 0. The lowest BCUT2D eigenvalue weighted by Gasteiger charge is -1.90. The van der Waals surface area contributed by atoms with Gasteiger partial charge in [-0.05, 0) is 53.9 Å². The van der Waals surface area contributed by atoms with E-state index in [2.05, 4.69) is 0 Å². The van der Waals surface area contributed by atoms with E-state index in [1.165, 1.54) is 34.6 Å². The van der Waals surface area contributed by atoms with Crippen LogP contribution in [0.15, 0.2) is 0 Å². The third-order valence-corrected chi connectivity index (χ3v) is 2.82. The molecule has 0 amide bonds. The van der Waals surface area contributed by atoms with Gasteiger partial charge in [-0.2, -0.15) is 0 Å². The standard InChI is InChI=1S/C5H12O2.5C4H6O3/c6-4-2-1-3-5-7;5*1-3(5)2-4(6)7/h6-7H,1-5H2;5*2H2,1H3,(H,6,7). The second-order valence-electron chi connectivity index (χ2n) is 7.87. The van der Waals surface area contributed by atoms with E-state index in [1.54, 1.807) is 0 Å². The Labute approximate surface area is 242 Å². The maximum Gasteiger partial charge on any atom is 0.310 e. The Morgan fingerprint density at radius 2 is 0.476 bits per heavy atom. The van der Waals surface area contributed by atoms with Gasteiger partial charge in [0.25, 0.3) is 0 Å². The number of carboxylic acid groups (broad SMARTS) is 5. The molecular formula is C25H42O17. The Morgan fingerprint density at radius 3 is 0.524 bits per heavy atom. The molecule has 7 N–H and O–H groups in total. The van der Waals surface area contributed by atoms with Crippen LogP contribution < -0.4 is 0 Å². The van der Waals surface area contributed by atoms with Gasteiger partial charge in [-0.3, -0.25) is 47.9 Å². The van der Waals surface area contributed by atoms with Crippen molar-refractivity contribution in [1.29, 1.82) is 0 Å². The minimum absolute atomic E-state index is 0.250. The largest absolute Gasteiger partial charge is 0.481 e. The zero-order valence-electron chi connectivity index (χ0n) is 24.3. The molecule has 0 spiro atoms. The molecule has 0 aliphatic carbocycles. The highest BCUT2D eigenvalue weighted by Crippen LogP contribution is 1.90. The van der Waals surface area contributed by atoms with Crippen LogP contribution in [0.3, 0.4) is 0 Å². The van der Waals surface area contributed by atoms with Gasteiger partial charge in [-0.25, -0.2) is 0 Å². The van der Waals surface area contributed by atoms with Gasteiger partial charge in [0.15, 0.2) is 0 Å². The number of aliphatic hydroxyl groups excluding tert-OH is 2. The Bertz CT molecular complexity index is 644. The zero-order valence-corrected chi connectivity index (χ0v) is 24.3. The monoisotopic (exact) mass is 614 g/mol. The molecule has 0 aromatic heterocycles. The Kier molecular flexibility index (Phi) is 44.0. The number of Topliss-reactive ketones (excluding diaryl/α,β-unsaturated/α-hetero) is 5. The summed E-state index contributed by atoms with van der Waals surface area (Å²) in [6.45, 7) is 6.72. The van der Waals surface area contributed by atoms with Crippen molar-refractivity contribution in [2.24, 2.45) is 0 Å². The summed E-state index contributed by atoms with van der Waals surface area (Å²) < 4.78 is 0. The first-order valence-corrected chi connectivity index (χ1v) is 11.8. The number of carbonyl (C=O) groups is 10. The molecule has 17 heteroatoms. The van der Waals surface area contributed by atoms with E-state index in [0.717, 1.165) is 19.3 Å². The summed E-state index contributed by atoms with van der Waals surface area (Å²) in [5.41, 5.74) is 0. The highest BCUT2D eigenvalue weighted by Gasteiger charge is 2.00. The molecule has 0 aromatic carbocycles. The predicted molar refractivity (Wildman–Crippen MR) is 143 cm³/mol. The lowest BCUT2D eigenvalue weighted by molar-refractivity contribution is -0.141. The van der Waals surface area contributed by atoms with Crippen molar-refractivity contribution in [3.63, 3.8) is 0 Å². The normalized spacial score (nSPS) is 8.36. The van der Waals surface area contributed by atoms with E-state index in [4.69, 9.17) is 35.7 Å². The number of rotatable bonds is 14. The number of hydrogen-bond acceptors (Lipinski definition) is 12. The van der Waals surface area contributed by atoms with Crippen LogP contribution in [0.1, 0.15) is 86.0 Å². The zero-order chi connectivity index (χ0) is 34.8. The van der Waals surface area contributed by atoms with E-state index in [1.807, 2.05) is 0 Å². The average molecular weight is 615 g/mol. The molecule has 0 saturated heterocycles. The molecule has 0 aliphatic rings. The third-order valence-electron chi connectivity index (χ3n) is 2.82. The van der Waals surface area contributed by atoms with E-state index >= 15 is 0 Å². The van der Waals surface area contributed by atoms with Gasteiger partial charge >= 0.3 is 29.8 Å². The lowest BCUT2D eigenvalue weighted by Crippen LogP contribution is -2.00. The second kappa shape index (κ2) is 36.6. The Morgan fingerprint density at radius 1 is 0.333 bits per heavy atom. The molecule has 0 heterocycles. The van der Waals surface area contributed by atoms with Crippen molar-refractivity contribution in [3.8, 4) is 0 Å². The molecular weight excluding hydrogens is 572 g/mol. The van der Waals surface area contributed by atoms with Gasteiger partial charge in [-0.15, -0.1) is 0 Å². The highest BCUT2D eigenvalue weighted by molar-refractivity contribution is 5.94. The first kappa shape index (κ1) is 50.5. The fourth-order valence-electron chi connectivity index (χ4n) is 1.47. The van der Waals surface area contributed by atoms with Gasteiger partial charge in [0.05, 0.1) is 0 Å². The van der Waals surface area contributed by atoms with Crippen LogP contribution in [0, 0.1) is 0 Å². The fraction of sp³-hybridized carbons (Fsp3) is 0.600. The number of ketones is 5. The molecule has 17 nitrogen and oxygen atoms in total. The predicted octanol–water partition coefficient (Wildman–Crippen LogP) is 0.392. The van der Waals surface area contributed by atoms with Crippen LogP contribution in [0.5, 0.6) is 0 Å². The third kappa shape index (κ3) is 111. The lowest BCUT2D eigenvalue weighted by atomic mass is 10.2. The quantitative estimate of drug-likeness (QED) is 0.103. The maximum absolute atomic E-state index is 9.87. The summed E-state index contributed by atoms with van der Waals surface area (Å²) in [6.07, 6.45) is 0.772. The Balaban J connectivity index is -0.0000000926. The molecule has 0 bridgehead atoms. The van der Waals surface area contributed by atoms with E-state index < -0.39 is 29.8 Å². The van der Waals surface area contributed by atoms with Crippen LogP contribution >= 0.6 is 0 Å². The van der Waals surface area contributed by atoms with Crippen LogP contribution in [-0.4, -0.2) is 108 Å². The van der Waals surface area contributed by atoms with Gasteiger partial charge < -0.3 is 35.7 Å². The number of unbranched alkanes of at least 4 members (excludes halogenated alkanes) is 2. The van der Waals surface area contributed by atoms with Crippen LogP contribution in [0.25, 0.3) is 0 Å². The van der Waals surface area contributed by atoms with Crippen molar-refractivity contribution in [2.75, 3.05) is 13.2 Å². The first-order chi connectivity index (χ1) is 19.0. The highest BCUT2D eigenvalue weighted by atomic mass is 16.4. The SMILES string of the molecule is CC(=O)CC(=O)O.CC(=O)CC(=O)O.CC(=O)CC(=O)O.CC(=O)CC(=O)O.CC(=O)CC(=O)O.OCCCCCO. The van der Waals surface area contributed by atoms with E-state index in [0.29, 0.717) is 0 Å². The van der Waals surface area contributed by atoms with Crippen LogP contribution in [0.4, 0.5) is 0 Å². The van der Waals surface area contributed by atoms with Crippen molar-refractivity contribution < 1.29 is 83.7 Å². The molecule has 0 rings (SSSR count). The molecule has 0 unspecified atom stereocenters. The average Bonchev–Trinajstić information content (AvgIpc) is 2.71. The number of aliphatic hydroxyl groups is 2. The molecule has 244 valence electrons. The second-order valence-corrected chi connectivity index (χ2v) is 7.87. The van der Waals surface area contributed by atoms with Crippen molar-refractivity contribution in [3.05, 3.63) is 0 Å². The molecule has 42 heavy (non-hydrogen) atoms. The van der Waals surface area contributed by atoms with Gasteiger partial charge in [0.1, 0.15) is 61.0 Å². The van der Waals surface area contributed by atoms with Crippen molar-refractivity contribution in [2.45, 2.75) is 86.0 Å². The van der Waals surface area contributed by atoms with Gasteiger partial charge in [0.2, 0.25) is 0 Å². The summed E-state index contributed by atoms with van der Waals surface area (Å²) in [7, 11) is 0. The summed E-state index contributed by atoms with van der Waals surface area (Å²) in [5.74, 6) is -6.87. The molecule has 0 aliphatic heterocycles. The number of aliphatic carboxylic acids is 5. The molecule has 0 radical (unpaired) electrons. The summed E-state index contributed by atoms with van der Waals surface area (Å²) in [4.78, 5) is 97.3. The van der Waals surface area contributed by atoms with E-state index in [-0.39, 0.29) is 74.2 Å². The Hall–Kier alpha value is -4.38.